The van der Waals surface area contributed by atoms with Crippen LogP contribution in [0.15, 0.2) is 0 Å². The van der Waals surface area contributed by atoms with Gasteiger partial charge in [0.1, 0.15) is 0 Å². The summed E-state index contributed by atoms with van der Waals surface area (Å²) in [5.41, 5.74) is 0. The predicted octanol–water partition coefficient (Wildman–Crippen LogP) is 7.37. The molecular formula is C21H40. The van der Waals surface area contributed by atoms with Gasteiger partial charge < -0.3 is 0 Å². The molecule has 0 aromatic carbocycles. The third kappa shape index (κ3) is 5.95. The molecule has 0 bridgehead atoms. The van der Waals surface area contributed by atoms with Crippen LogP contribution in [0.5, 0.6) is 0 Å². The lowest BCUT2D eigenvalue weighted by Crippen LogP contribution is -2.26. The molecule has 0 aliphatic heterocycles. The van der Waals surface area contributed by atoms with Crippen molar-refractivity contribution in [2.75, 3.05) is 0 Å². The lowest BCUT2D eigenvalue weighted by molar-refractivity contribution is 0.135. The zero-order valence-electron chi connectivity index (χ0n) is 14.9. The van der Waals surface area contributed by atoms with Crippen molar-refractivity contribution >= 4 is 0 Å². The Labute approximate surface area is 134 Å². The quantitative estimate of drug-likeness (QED) is 0.410. The van der Waals surface area contributed by atoms with Crippen LogP contribution in [0.4, 0.5) is 0 Å². The predicted molar refractivity (Wildman–Crippen MR) is 94.6 cm³/mol. The molecule has 0 heterocycles. The van der Waals surface area contributed by atoms with Crippen LogP contribution in [0, 0.1) is 23.7 Å². The molecule has 2 aliphatic rings. The zero-order chi connectivity index (χ0) is 14.9. The van der Waals surface area contributed by atoms with Gasteiger partial charge >= 0.3 is 0 Å². The second-order valence-electron chi connectivity index (χ2n) is 8.18. The highest BCUT2D eigenvalue weighted by molar-refractivity contribution is 4.82. The van der Waals surface area contributed by atoms with E-state index in [2.05, 4.69) is 13.8 Å². The topological polar surface area (TPSA) is 0 Å². The van der Waals surface area contributed by atoms with Gasteiger partial charge in [-0.05, 0) is 42.9 Å². The minimum atomic E-state index is 1.07. The smallest absolute Gasteiger partial charge is 0.0383 e. The Kier molecular flexibility index (Phi) is 8.19. The Balaban J connectivity index is 1.59. The van der Waals surface area contributed by atoms with Crippen LogP contribution in [0.3, 0.4) is 0 Å². The van der Waals surface area contributed by atoms with Crippen LogP contribution in [-0.4, -0.2) is 0 Å². The van der Waals surface area contributed by atoms with Crippen LogP contribution in [0.1, 0.15) is 110 Å². The highest BCUT2D eigenvalue weighted by atomic mass is 14.4. The molecule has 0 heteroatoms. The van der Waals surface area contributed by atoms with E-state index < -0.39 is 0 Å². The molecule has 0 saturated heterocycles. The van der Waals surface area contributed by atoms with Gasteiger partial charge in [-0.3, -0.25) is 0 Å². The molecule has 2 saturated carbocycles. The highest BCUT2D eigenvalue weighted by Gasteiger charge is 2.30. The fraction of sp³-hybridized carbons (Fsp3) is 1.00. The molecule has 2 rings (SSSR count). The number of unbranched alkanes of at least 4 members (excludes halogenated alkanes) is 4. The minimum absolute atomic E-state index is 1.07. The third-order valence-electron chi connectivity index (χ3n) is 6.67. The Morgan fingerprint density at radius 3 is 2.14 bits per heavy atom. The standard InChI is InChI=1S/C21H40/c1-3-5-6-7-8-10-19-13-15-20(16-14-19)21-12-9-11-18(4-2)17-21/h18-21H,3-17H2,1-2H3/t18-,19-,20+,21-/m1/s1. The van der Waals surface area contributed by atoms with Gasteiger partial charge in [-0.25, -0.2) is 0 Å². The van der Waals surface area contributed by atoms with Crippen molar-refractivity contribution in [1.29, 1.82) is 0 Å². The monoisotopic (exact) mass is 292 g/mol. The van der Waals surface area contributed by atoms with Crippen molar-refractivity contribution in [2.24, 2.45) is 23.7 Å². The fourth-order valence-corrected chi connectivity index (χ4v) is 5.12. The van der Waals surface area contributed by atoms with Crippen molar-refractivity contribution < 1.29 is 0 Å². The molecule has 0 aromatic heterocycles. The summed E-state index contributed by atoms with van der Waals surface area (Å²) in [7, 11) is 0. The Morgan fingerprint density at radius 2 is 1.43 bits per heavy atom. The van der Waals surface area contributed by atoms with Crippen LogP contribution < -0.4 is 0 Å². The van der Waals surface area contributed by atoms with E-state index in [1.54, 1.807) is 44.9 Å². The zero-order valence-corrected chi connectivity index (χ0v) is 14.9. The molecule has 2 atom stereocenters. The second kappa shape index (κ2) is 9.90. The largest absolute Gasteiger partial charge is 0.0654 e. The normalized spacial score (nSPS) is 34.0. The molecule has 0 nitrogen and oxygen atoms in total. The summed E-state index contributed by atoms with van der Waals surface area (Å²) in [5, 5.41) is 0. The molecular weight excluding hydrogens is 252 g/mol. The van der Waals surface area contributed by atoms with Crippen LogP contribution in [0.2, 0.25) is 0 Å². The molecule has 0 spiro atoms. The Hall–Kier alpha value is 0. The van der Waals surface area contributed by atoms with E-state index in [0.717, 1.165) is 23.7 Å². The van der Waals surface area contributed by atoms with Gasteiger partial charge in [0.15, 0.2) is 0 Å². The Bertz CT molecular complexity index is 249. The number of rotatable bonds is 8. The summed E-state index contributed by atoms with van der Waals surface area (Å²) in [6.45, 7) is 4.72. The number of hydrogen-bond acceptors (Lipinski definition) is 0. The molecule has 0 N–H and O–H groups in total. The fourth-order valence-electron chi connectivity index (χ4n) is 5.12. The lowest BCUT2D eigenvalue weighted by atomic mass is 9.68. The van der Waals surface area contributed by atoms with Gasteiger partial charge in [0, 0.05) is 0 Å². The van der Waals surface area contributed by atoms with E-state index >= 15 is 0 Å². The van der Waals surface area contributed by atoms with E-state index in [1.807, 2.05) is 0 Å². The van der Waals surface area contributed by atoms with E-state index in [1.165, 1.54) is 51.4 Å². The van der Waals surface area contributed by atoms with Crippen molar-refractivity contribution in [3.8, 4) is 0 Å². The second-order valence-corrected chi connectivity index (χ2v) is 8.18. The van der Waals surface area contributed by atoms with Crippen molar-refractivity contribution in [2.45, 2.75) is 110 Å². The van der Waals surface area contributed by atoms with Crippen molar-refractivity contribution in [3.63, 3.8) is 0 Å². The molecule has 21 heavy (non-hydrogen) atoms. The third-order valence-corrected chi connectivity index (χ3v) is 6.67. The van der Waals surface area contributed by atoms with Gasteiger partial charge in [-0.1, -0.05) is 90.9 Å². The summed E-state index contributed by atoms with van der Waals surface area (Å²) in [6.07, 6.45) is 22.7. The van der Waals surface area contributed by atoms with E-state index in [4.69, 9.17) is 0 Å². The lowest BCUT2D eigenvalue weighted by Gasteiger charge is -2.38. The van der Waals surface area contributed by atoms with Crippen LogP contribution >= 0.6 is 0 Å². The van der Waals surface area contributed by atoms with Crippen molar-refractivity contribution in [3.05, 3.63) is 0 Å². The summed E-state index contributed by atoms with van der Waals surface area (Å²) in [6, 6.07) is 0. The van der Waals surface area contributed by atoms with Crippen molar-refractivity contribution in [1.82, 2.24) is 0 Å². The average Bonchev–Trinajstić information content (AvgIpc) is 2.55. The maximum atomic E-state index is 2.41. The summed E-state index contributed by atoms with van der Waals surface area (Å²) in [5.74, 6) is 4.37. The molecule has 0 amide bonds. The maximum absolute atomic E-state index is 2.41. The van der Waals surface area contributed by atoms with Crippen LogP contribution in [0.25, 0.3) is 0 Å². The summed E-state index contributed by atoms with van der Waals surface area (Å²) in [4.78, 5) is 0. The minimum Gasteiger partial charge on any atom is -0.0654 e. The maximum Gasteiger partial charge on any atom is -0.0383 e. The molecule has 0 unspecified atom stereocenters. The van der Waals surface area contributed by atoms with Gasteiger partial charge in [-0.2, -0.15) is 0 Å². The van der Waals surface area contributed by atoms with E-state index in [0.29, 0.717) is 0 Å². The molecule has 124 valence electrons. The highest BCUT2D eigenvalue weighted by Crippen LogP contribution is 2.43. The Morgan fingerprint density at radius 1 is 0.667 bits per heavy atom. The van der Waals surface area contributed by atoms with E-state index in [-0.39, 0.29) is 0 Å². The first-order chi connectivity index (χ1) is 10.3. The molecule has 0 aromatic rings. The molecule has 0 radical (unpaired) electrons. The van der Waals surface area contributed by atoms with Crippen LogP contribution in [-0.2, 0) is 0 Å². The first kappa shape index (κ1) is 17.4. The van der Waals surface area contributed by atoms with Gasteiger partial charge in [0.2, 0.25) is 0 Å². The molecule has 2 fully saturated rings. The first-order valence-corrected chi connectivity index (χ1v) is 10.3. The van der Waals surface area contributed by atoms with Gasteiger partial charge in [-0.15, -0.1) is 0 Å². The first-order valence-electron chi connectivity index (χ1n) is 10.3. The summed E-state index contributed by atoms with van der Waals surface area (Å²) < 4.78 is 0. The van der Waals surface area contributed by atoms with Gasteiger partial charge in [0.05, 0.1) is 0 Å². The SMILES string of the molecule is CCCCCCC[C@H]1CC[C@@H]([C@@H]2CCC[C@@H](CC)C2)CC1. The summed E-state index contributed by atoms with van der Waals surface area (Å²) >= 11 is 0. The molecule has 2 aliphatic carbocycles. The van der Waals surface area contributed by atoms with E-state index in [9.17, 15) is 0 Å². The average molecular weight is 293 g/mol. The van der Waals surface area contributed by atoms with Gasteiger partial charge in [0.25, 0.3) is 0 Å². The number of hydrogen-bond donors (Lipinski definition) is 0.